The molecular weight excluding hydrogens is 409 g/mol. The SMILES string of the molecule is CCC(C)Oc1ccc(-c2nc(-c3cc(Cl)cnc3NC)no2)cc1C(F)(F)F. The van der Waals surface area contributed by atoms with Crippen LogP contribution in [0.15, 0.2) is 35.0 Å². The lowest BCUT2D eigenvalue weighted by molar-refractivity contribution is -0.139. The fourth-order valence-corrected chi connectivity index (χ4v) is 2.70. The van der Waals surface area contributed by atoms with E-state index in [1.165, 1.54) is 18.3 Å². The molecule has 3 rings (SSSR count). The number of nitrogens with zero attached hydrogens (tertiary/aromatic N) is 3. The third-order valence-corrected chi connectivity index (χ3v) is 4.40. The highest BCUT2D eigenvalue weighted by Crippen LogP contribution is 2.39. The zero-order chi connectivity index (χ0) is 21.2. The molecule has 0 spiro atoms. The molecule has 154 valence electrons. The highest BCUT2D eigenvalue weighted by Gasteiger charge is 2.35. The number of hydrogen-bond acceptors (Lipinski definition) is 6. The van der Waals surface area contributed by atoms with Crippen molar-refractivity contribution < 1.29 is 22.4 Å². The van der Waals surface area contributed by atoms with E-state index in [1.807, 2.05) is 6.92 Å². The van der Waals surface area contributed by atoms with Gasteiger partial charge in [-0.3, -0.25) is 0 Å². The summed E-state index contributed by atoms with van der Waals surface area (Å²) in [4.78, 5) is 8.32. The minimum atomic E-state index is -4.60. The second-order valence-electron chi connectivity index (χ2n) is 6.27. The van der Waals surface area contributed by atoms with Crippen LogP contribution in [0.1, 0.15) is 25.8 Å². The first-order chi connectivity index (χ1) is 13.7. The number of aromatic nitrogens is 3. The van der Waals surface area contributed by atoms with E-state index >= 15 is 0 Å². The van der Waals surface area contributed by atoms with Gasteiger partial charge >= 0.3 is 6.18 Å². The van der Waals surface area contributed by atoms with Gasteiger partial charge < -0.3 is 14.6 Å². The topological polar surface area (TPSA) is 73.1 Å². The maximum Gasteiger partial charge on any atom is 0.419 e. The first-order valence-electron chi connectivity index (χ1n) is 8.78. The monoisotopic (exact) mass is 426 g/mol. The predicted molar refractivity (Wildman–Crippen MR) is 103 cm³/mol. The maximum atomic E-state index is 13.5. The van der Waals surface area contributed by atoms with Crippen molar-refractivity contribution in [2.75, 3.05) is 12.4 Å². The Morgan fingerprint density at radius 3 is 2.69 bits per heavy atom. The fraction of sp³-hybridized carbons (Fsp3) is 0.316. The molecule has 6 nitrogen and oxygen atoms in total. The zero-order valence-corrected chi connectivity index (χ0v) is 16.6. The van der Waals surface area contributed by atoms with Crippen LogP contribution in [0, 0.1) is 0 Å². The number of alkyl halides is 3. The number of pyridine rings is 1. The summed E-state index contributed by atoms with van der Waals surface area (Å²) < 4.78 is 51.2. The molecule has 0 saturated heterocycles. The molecule has 2 aromatic heterocycles. The van der Waals surface area contributed by atoms with E-state index in [0.717, 1.165) is 6.07 Å². The smallest absolute Gasteiger partial charge is 0.419 e. The third kappa shape index (κ3) is 4.61. The lowest BCUT2D eigenvalue weighted by atomic mass is 10.1. The van der Waals surface area contributed by atoms with E-state index in [4.69, 9.17) is 20.9 Å². The minimum absolute atomic E-state index is 0.0670. The molecule has 0 bridgehead atoms. The highest BCUT2D eigenvalue weighted by atomic mass is 35.5. The highest BCUT2D eigenvalue weighted by molar-refractivity contribution is 6.30. The Hall–Kier alpha value is -2.81. The van der Waals surface area contributed by atoms with Gasteiger partial charge in [0.25, 0.3) is 5.89 Å². The molecule has 1 atom stereocenters. The van der Waals surface area contributed by atoms with Gasteiger partial charge in [0.15, 0.2) is 0 Å². The molecule has 3 aromatic rings. The van der Waals surface area contributed by atoms with Crippen molar-refractivity contribution in [3.05, 3.63) is 41.0 Å². The summed E-state index contributed by atoms with van der Waals surface area (Å²) in [5.41, 5.74) is -0.327. The molecule has 1 aromatic carbocycles. The van der Waals surface area contributed by atoms with Crippen LogP contribution >= 0.6 is 11.6 Å². The molecule has 1 unspecified atom stereocenters. The van der Waals surface area contributed by atoms with Gasteiger partial charge in [-0.25, -0.2) is 4.98 Å². The molecule has 0 radical (unpaired) electrons. The summed E-state index contributed by atoms with van der Waals surface area (Å²) in [7, 11) is 1.66. The Labute approximate surface area is 170 Å². The molecule has 10 heteroatoms. The lowest BCUT2D eigenvalue weighted by Crippen LogP contribution is -2.15. The van der Waals surface area contributed by atoms with E-state index in [1.54, 1.807) is 20.0 Å². The van der Waals surface area contributed by atoms with Crippen molar-refractivity contribution in [2.24, 2.45) is 0 Å². The van der Waals surface area contributed by atoms with Crippen LogP contribution in [0.25, 0.3) is 22.8 Å². The zero-order valence-electron chi connectivity index (χ0n) is 15.8. The van der Waals surface area contributed by atoms with E-state index in [9.17, 15) is 13.2 Å². The number of rotatable bonds is 6. The molecule has 0 aliphatic heterocycles. The quantitative estimate of drug-likeness (QED) is 0.546. The van der Waals surface area contributed by atoms with Crippen molar-refractivity contribution in [1.82, 2.24) is 15.1 Å². The molecule has 0 saturated carbocycles. The van der Waals surface area contributed by atoms with E-state index in [0.29, 0.717) is 22.8 Å². The number of nitrogens with one attached hydrogen (secondary N) is 1. The van der Waals surface area contributed by atoms with Crippen molar-refractivity contribution in [2.45, 2.75) is 32.5 Å². The van der Waals surface area contributed by atoms with Gasteiger partial charge in [0.2, 0.25) is 5.82 Å². The van der Waals surface area contributed by atoms with Crippen molar-refractivity contribution in [3.63, 3.8) is 0 Å². The summed E-state index contributed by atoms with van der Waals surface area (Å²) in [5, 5.41) is 7.08. The van der Waals surface area contributed by atoms with Crippen LogP contribution in [-0.2, 0) is 6.18 Å². The maximum absolute atomic E-state index is 13.5. The van der Waals surface area contributed by atoms with Gasteiger partial charge in [-0.2, -0.15) is 18.2 Å². The van der Waals surface area contributed by atoms with Gasteiger partial charge in [-0.1, -0.05) is 23.7 Å². The molecule has 0 aliphatic carbocycles. The van der Waals surface area contributed by atoms with Crippen molar-refractivity contribution in [1.29, 1.82) is 0 Å². The Morgan fingerprint density at radius 2 is 2.03 bits per heavy atom. The summed E-state index contributed by atoms with van der Waals surface area (Å²) in [6.07, 6.45) is -2.93. The second-order valence-corrected chi connectivity index (χ2v) is 6.70. The number of hydrogen-bond donors (Lipinski definition) is 1. The predicted octanol–water partition coefficient (Wildman–Crippen LogP) is 5.69. The minimum Gasteiger partial charge on any atom is -0.490 e. The summed E-state index contributed by atoms with van der Waals surface area (Å²) >= 11 is 5.97. The number of ether oxygens (including phenoxy) is 1. The standard InChI is InChI=1S/C19H18ClF3N4O2/c1-4-10(2)28-15-6-5-11(7-14(15)19(21,22)23)18-26-17(27-29-18)13-8-12(20)9-25-16(13)24-3/h5-10H,4H2,1-3H3,(H,24,25). The first kappa shape index (κ1) is 20.9. The molecule has 29 heavy (non-hydrogen) atoms. The van der Waals surface area contributed by atoms with E-state index in [2.05, 4.69) is 20.4 Å². The Kier molecular flexibility index (Phi) is 5.97. The normalized spacial score (nSPS) is 12.7. The molecule has 2 heterocycles. The third-order valence-electron chi connectivity index (χ3n) is 4.19. The van der Waals surface area contributed by atoms with Crippen LogP contribution in [0.4, 0.5) is 19.0 Å². The van der Waals surface area contributed by atoms with Gasteiger partial charge in [-0.15, -0.1) is 0 Å². The lowest BCUT2D eigenvalue weighted by Gasteiger charge is -2.18. The van der Waals surface area contributed by atoms with E-state index in [-0.39, 0.29) is 29.1 Å². The molecule has 0 aliphatic rings. The van der Waals surface area contributed by atoms with Crippen molar-refractivity contribution in [3.8, 4) is 28.6 Å². The van der Waals surface area contributed by atoms with Gasteiger partial charge in [-0.05, 0) is 37.6 Å². The Bertz CT molecular complexity index is 1010. The number of halogens is 4. The van der Waals surface area contributed by atoms with Crippen LogP contribution in [0.2, 0.25) is 5.02 Å². The second kappa shape index (κ2) is 8.28. The van der Waals surface area contributed by atoms with Crippen LogP contribution < -0.4 is 10.1 Å². The molecular formula is C19H18ClF3N4O2. The number of benzene rings is 1. The molecule has 0 amide bonds. The van der Waals surface area contributed by atoms with Crippen LogP contribution in [-0.4, -0.2) is 28.3 Å². The van der Waals surface area contributed by atoms with Gasteiger partial charge in [0.05, 0.1) is 22.3 Å². The largest absolute Gasteiger partial charge is 0.490 e. The van der Waals surface area contributed by atoms with Gasteiger partial charge in [0, 0.05) is 18.8 Å². The average Bonchev–Trinajstić information content (AvgIpc) is 3.17. The van der Waals surface area contributed by atoms with Crippen LogP contribution in [0.3, 0.4) is 0 Å². The van der Waals surface area contributed by atoms with Crippen molar-refractivity contribution >= 4 is 17.4 Å². The summed E-state index contributed by atoms with van der Waals surface area (Å²) in [6, 6.07) is 5.22. The average molecular weight is 427 g/mol. The summed E-state index contributed by atoms with van der Waals surface area (Å²) in [6.45, 7) is 3.53. The molecule has 0 fully saturated rings. The molecule has 1 N–H and O–H groups in total. The fourth-order valence-electron chi connectivity index (χ4n) is 2.55. The Balaban J connectivity index is 2.01. The number of anilines is 1. The first-order valence-corrected chi connectivity index (χ1v) is 9.16. The van der Waals surface area contributed by atoms with Crippen LogP contribution in [0.5, 0.6) is 5.75 Å². The Morgan fingerprint density at radius 1 is 1.28 bits per heavy atom. The van der Waals surface area contributed by atoms with E-state index < -0.39 is 11.7 Å². The summed E-state index contributed by atoms with van der Waals surface area (Å²) in [5.74, 6) is 0.289. The van der Waals surface area contributed by atoms with Gasteiger partial charge in [0.1, 0.15) is 11.6 Å².